The number of carbonyl (C=O) groups excluding carboxylic acids is 1. The second-order valence-corrected chi connectivity index (χ2v) is 9.06. The van der Waals surface area contributed by atoms with Crippen molar-refractivity contribution in [2.75, 3.05) is 32.7 Å². The number of piperazine rings is 1. The molecule has 148 valence electrons. The number of sulfonamides is 1. The Kier molecular flexibility index (Phi) is 7.29. The summed E-state index contributed by atoms with van der Waals surface area (Å²) in [5, 5.41) is 3.18. The number of nitrogens with one attached hydrogen (secondary N) is 2. The summed E-state index contributed by atoms with van der Waals surface area (Å²) in [6, 6.07) is 6.44. The first-order valence-electron chi connectivity index (χ1n) is 9.15. The lowest BCUT2D eigenvalue weighted by atomic mass is 9.94. The molecule has 0 unspecified atom stereocenters. The van der Waals surface area contributed by atoms with Gasteiger partial charge in [0.2, 0.25) is 10.0 Å². The van der Waals surface area contributed by atoms with Crippen molar-refractivity contribution in [3.05, 3.63) is 29.3 Å². The van der Waals surface area contributed by atoms with E-state index >= 15 is 0 Å². The Morgan fingerprint density at radius 3 is 2.41 bits per heavy atom. The summed E-state index contributed by atoms with van der Waals surface area (Å²) in [6.45, 7) is 5.99. The fourth-order valence-corrected chi connectivity index (χ4v) is 5.15. The predicted octanol–water partition coefficient (Wildman–Crippen LogP) is 0.537. The molecule has 1 aliphatic rings. The first kappa shape index (κ1) is 21.7. The molecule has 1 amide bonds. The van der Waals surface area contributed by atoms with E-state index in [-0.39, 0.29) is 22.4 Å². The Labute approximate surface area is 166 Å². The molecule has 0 atom stereocenters. The third-order valence-corrected chi connectivity index (χ3v) is 7.56. The van der Waals surface area contributed by atoms with Crippen LogP contribution < -0.4 is 10.2 Å². The molecule has 2 rings (SSSR count). The third kappa shape index (κ3) is 5.02. The Hall–Kier alpha value is -1.59. The van der Waals surface area contributed by atoms with Crippen LogP contribution in [0.3, 0.4) is 0 Å². The first-order valence-corrected chi connectivity index (χ1v) is 11.0. The Balaban J connectivity index is 1.95. The molecule has 1 aliphatic heterocycles. The summed E-state index contributed by atoms with van der Waals surface area (Å²) in [5.74, 6) is 2.59. The first-order chi connectivity index (χ1) is 12.8. The summed E-state index contributed by atoms with van der Waals surface area (Å²) in [7, 11) is -3.62. The smallest absolute Gasteiger partial charge is 0.276 e. The summed E-state index contributed by atoms with van der Waals surface area (Å²) in [5.41, 5.74) is -0.605. The van der Waals surface area contributed by atoms with Crippen molar-refractivity contribution in [1.29, 1.82) is 0 Å². The number of amides is 1. The van der Waals surface area contributed by atoms with Gasteiger partial charge in [-0.1, -0.05) is 43.5 Å². The molecule has 0 spiro atoms. The number of carbonyl (C=O) groups is 1. The second-order valence-electron chi connectivity index (χ2n) is 6.74. The van der Waals surface area contributed by atoms with Crippen LogP contribution in [0.4, 0.5) is 0 Å². The number of quaternary nitrogens is 1. The maximum absolute atomic E-state index is 12.8. The van der Waals surface area contributed by atoms with Gasteiger partial charge in [-0.2, -0.15) is 4.31 Å². The molecule has 1 saturated heterocycles. The van der Waals surface area contributed by atoms with Gasteiger partial charge in [0.05, 0.1) is 31.2 Å². The van der Waals surface area contributed by atoms with Gasteiger partial charge in [0.25, 0.3) is 5.91 Å². The van der Waals surface area contributed by atoms with Gasteiger partial charge in [0.1, 0.15) is 10.4 Å². The lowest BCUT2D eigenvalue weighted by Crippen LogP contribution is -3.16. The van der Waals surface area contributed by atoms with Gasteiger partial charge in [-0.05, 0) is 25.0 Å². The van der Waals surface area contributed by atoms with E-state index in [9.17, 15) is 13.2 Å². The van der Waals surface area contributed by atoms with Crippen molar-refractivity contribution in [1.82, 2.24) is 9.62 Å². The number of hydrogen-bond donors (Lipinski definition) is 2. The van der Waals surface area contributed by atoms with Crippen LogP contribution in [0.2, 0.25) is 5.02 Å². The highest BCUT2D eigenvalue weighted by atomic mass is 35.5. The van der Waals surface area contributed by atoms with Crippen LogP contribution >= 0.6 is 11.6 Å². The highest BCUT2D eigenvalue weighted by Gasteiger charge is 2.33. The van der Waals surface area contributed by atoms with Crippen LogP contribution in [-0.4, -0.2) is 56.9 Å². The molecule has 0 aromatic heterocycles. The Morgan fingerprint density at radius 1 is 1.30 bits per heavy atom. The fourth-order valence-electron chi connectivity index (χ4n) is 3.22. The number of nitrogens with zero attached hydrogens (tertiary/aromatic N) is 1. The SMILES string of the molecule is C#CC(CC)(CC)NC(=O)C[NH+]1CCN(S(=O)(=O)c2ccccc2Cl)CC1. The lowest BCUT2D eigenvalue weighted by molar-refractivity contribution is -0.895. The van der Waals surface area contributed by atoms with Gasteiger partial charge in [0.15, 0.2) is 6.54 Å². The van der Waals surface area contributed by atoms with E-state index in [0.717, 1.165) is 4.90 Å². The van der Waals surface area contributed by atoms with E-state index < -0.39 is 15.6 Å². The molecular formula is C19H27ClN3O3S+. The molecule has 0 bridgehead atoms. The van der Waals surface area contributed by atoms with Crippen molar-refractivity contribution < 1.29 is 18.1 Å². The van der Waals surface area contributed by atoms with Crippen molar-refractivity contribution >= 4 is 27.5 Å². The molecule has 2 N–H and O–H groups in total. The maximum Gasteiger partial charge on any atom is 0.276 e. The normalized spacial score (nSPS) is 16.7. The number of terminal acetylenes is 1. The van der Waals surface area contributed by atoms with Crippen LogP contribution in [0, 0.1) is 12.3 Å². The molecular weight excluding hydrogens is 386 g/mol. The van der Waals surface area contributed by atoms with Crippen molar-refractivity contribution in [2.45, 2.75) is 37.1 Å². The molecule has 6 nitrogen and oxygen atoms in total. The zero-order chi connectivity index (χ0) is 20.1. The van der Waals surface area contributed by atoms with E-state index in [1.165, 1.54) is 10.4 Å². The number of hydrogen-bond acceptors (Lipinski definition) is 3. The minimum absolute atomic E-state index is 0.103. The molecule has 1 heterocycles. The number of benzene rings is 1. The average Bonchev–Trinajstić information content (AvgIpc) is 2.67. The van der Waals surface area contributed by atoms with E-state index in [0.29, 0.717) is 39.0 Å². The topological polar surface area (TPSA) is 70.9 Å². The molecule has 0 radical (unpaired) electrons. The van der Waals surface area contributed by atoms with Crippen molar-refractivity contribution in [2.24, 2.45) is 0 Å². The molecule has 1 fully saturated rings. The summed E-state index contributed by atoms with van der Waals surface area (Å²) in [4.78, 5) is 13.5. The van der Waals surface area contributed by atoms with Crippen LogP contribution in [-0.2, 0) is 14.8 Å². The minimum atomic E-state index is -3.62. The molecule has 0 aliphatic carbocycles. The maximum atomic E-state index is 12.8. The molecule has 0 saturated carbocycles. The van der Waals surface area contributed by atoms with Gasteiger partial charge in [-0.25, -0.2) is 8.42 Å². The van der Waals surface area contributed by atoms with E-state index in [1.54, 1.807) is 18.2 Å². The fraction of sp³-hybridized carbons (Fsp3) is 0.526. The largest absolute Gasteiger partial charge is 0.335 e. The number of rotatable bonds is 7. The Bertz CT molecular complexity index is 808. The zero-order valence-electron chi connectivity index (χ0n) is 15.8. The van der Waals surface area contributed by atoms with Gasteiger partial charge in [0, 0.05) is 0 Å². The summed E-state index contributed by atoms with van der Waals surface area (Å²) >= 11 is 6.05. The van der Waals surface area contributed by atoms with Gasteiger partial charge < -0.3 is 10.2 Å². The molecule has 27 heavy (non-hydrogen) atoms. The standard InChI is InChI=1S/C19H26ClN3O3S/c1-4-19(5-2,6-3)21-18(24)15-22-11-13-23(14-12-22)27(25,26)17-10-8-7-9-16(17)20/h1,7-10H,5-6,11-15H2,2-3H3,(H,21,24)/p+1. The molecule has 1 aromatic carbocycles. The van der Waals surface area contributed by atoms with Gasteiger partial charge >= 0.3 is 0 Å². The summed E-state index contributed by atoms with van der Waals surface area (Å²) in [6.07, 6.45) is 6.93. The zero-order valence-corrected chi connectivity index (χ0v) is 17.4. The Morgan fingerprint density at radius 2 is 1.89 bits per heavy atom. The van der Waals surface area contributed by atoms with Crippen molar-refractivity contribution in [3.63, 3.8) is 0 Å². The van der Waals surface area contributed by atoms with Crippen molar-refractivity contribution in [3.8, 4) is 12.3 Å². The minimum Gasteiger partial charge on any atom is -0.335 e. The predicted molar refractivity (Wildman–Crippen MR) is 106 cm³/mol. The van der Waals surface area contributed by atoms with Gasteiger partial charge in [-0.15, -0.1) is 6.42 Å². The van der Waals surface area contributed by atoms with Crippen LogP contribution in [0.15, 0.2) is 29.2 Å². The molecule has 1 aromatic rings. The molecule has 8 heteroatoms. The van der Waals surface area contributed by atoms with Gasteiger partial charge in [-0.3, -0.25) is 4.79 Å². The quantitative estimate of drug-likeness (QED) is 0.642. The van der Waals surface area contributed by atoms with Crippen LogP contribution in [0.1, 0.15) is 26.7 Å². The van der Waals surface area contributed by atoms with E-state index in [2.05, 4.69) is 11.2 Å². The number of halogens is 1. The summed E-state index contributed by atoms with van der Waals surface area (Å²) < 4.78 is 27.0. The van der Waals surface area contributed by atoms with Crippen LogP contribution in [0.5, 0.6) is 0 Å². The highest BCUT2D eigenvalue weighted by Crippen LogP contribution is 2.24. The average molecular weight is 413 g/mol. The second kappa shape index (κ2) is 9.07. The monoisotopic (exact) mass is 412 g/mol. The highest BCUT2D eigenvalue weighted by molar-refractivity contribution is 7.89. The van der Waals surface area contributed by atoms with Crippen LogP contribution in [0.25, 0.3) is 0 Å². The van der Waals surface area contributed by atoms with E-state index in [4.69, 9.17) is 18.0 Å². The third-order valence-electron chi connectivity index (χ3n) is 5.16. The van der Waals surface area contributed by atoms with E-state index in [1.807, 2.05) is 13.8 Å². The lowest BCUT2D eigenvalue weighted by Gasteiger charge is -2.32.